The number of piperidine rings is 1. The van der Waals surface area contributed by atoms with Gasteiger partial charge in [-0.1, -0.05) is 0 Å². The van der Waals surface area contributed by atoms with Crippen molar-refractivity contribution in [1.29, 1.82) is 0 Å². The number of rotatable bonds is 3. The van der Waals surface area contributed by atoms with Gasteiger partial charge in [0.25, 0.3) is 5.82 Å². The van der Waals surface area contributed by atoms with Crippen LogP contribution in [0.2, 0.25) is 0 Å². The predicted molar refractivity (Wildman–Crippen MR) is 102 cm³/mol. The van der Waals surface area contributed by atoms with Crippen molar-refractivity contribution in [3.8, 4) is 0 Å². The van der Waals surface area contributed by atoms with E-state index >= 15 is 0 Å². The Balaban J connectivity index is 1.28. The maximum absolute atomic E-state index is 13.1. The van der Waals surface area contributed by atoms with Gasteiger partial charge in [0, 0.05) is 31.3 Å². The Morgan fingerprint density at radius 3 is 2.58 bits per heavy atom. The van der Waals surface area contributed by atoms with Gasteiger partial charge in [-0.2, -0.15) is 27.3 Å². The van der Waals surface area contributed by atoms with Crippen molar-refractivity contribution in [2.24, 2.45) is 5.92 Å². The van der Waals surface area contributed by atoms with Gasteiger partial charge in [-0.3, -0.25) is 4.79 Å². The first-order chi connectivity index (χ1) is 14.9. The van der Waals surface area contributed by atoms with E-state index < -0.39 is 12.0 Å². The summed E-state index contributed by atoms with van der Waals surface area (Å²) in [5, 5.41) is 17.8. The van der Waals surface area contributed by atoms with Crippen LogP contribution in [0.25, 0.3) is 11.3 Å². The van der Waals surface area contributed by atoms with Crippen LogP contribution in [0.15, 0.2) is 36.7 Å². The minimum atomic E-state index is -4.65. The van der Waals surface area contributed by atoms with Crippen molar-refractivity contribution in [1.82, 2.24) is 34.4 Å². The molecule has 1 fully saturated rings. The molecule has 10 nitrogen and oxygen atoms in total. The largest absolute Gasteiger partial charge is 0.453 e. The number of aromatic nitrogens is 7. The Hall–Kier alpha value is -3.77. The highest BCUT2D eigenvalue weighted by Gasteiger charge is 2.38. The molecule has 1 saturated heterocycles. The molecule has 0 saturated carbocycles. The molecular formula is C18H16F3N9O. The summed E-state index contributed by atoms with van der Waals surface area (Å²) in [5.41, 5.74) is 0.647. The molecule has 1 amide bonds. The number of carbonyl (C=O) groups excluding carboxylic acids is 1. The molecule has 1 aliphatic heterocycles. The molecule has 4 aromatic heterocycles. The fourth-order valence-corrected chi connectivity index (χ4v) is 3.65. The first-order valence-corrected chi connectivity index (χ1v) is 9.54. The lowest BCUT2D eigenvalue weighted by molar-refractivity contribution is -0.146. The third-order valence-electron chi connectivity index (χ3n) is 5.23. The lowest BCUT2D eigenvalue weighted by atomic mass is 9.96. The summed E-state index contributed by atoms with van der Waals surface area (Å²) in [7, 11) is 0. The molecule has 1 aliphatic rings. The van der Waals surface area contributed by atoms with Crippen molar-refractivity contribution in [2.75, 3.05) is 23.3 Å². The van der Waals surface area contributed by atoms with Crippen molar-refractivity contribution in [3.63, 3.8) is 0 Å². The first-order valence-electron chi connectivity index (χ1n) is 9.54. The highest BCUT2D eigenvalue weighted by molar-refractivity contribution is 5.92. The zero-order valence-electron chi connectivity index (χ0n) is 16.0. The third kappa shape index (κ3) is 3.51. The van der Waals surface area contributed by atoms with Crippen molar-refractivity contribution in [2.45, 2.75) is 19.0 Å². The maximum Gasteiger partial charge on any atom is 0.453 e. The van der Waals surface area contributed by atoms with Crippen LogP contribution in [0.1, 0.15) is 18.7 Å². The summed E-state index contributed by atoms with van der Waals surface area (Å²) < 4.78 is 41.5. The zero-order valence-corrected chi connectivity index (χ0v) is 16.0. The summed E-state index contributed by atoms with van der Waals surface area (Å²) in [6.07, 6.45) is -0.388. The number of nitrogens with zero attached hydrogens (tertiary/aromatic N) is 8. The monoisotopic (exact) mass is 431 g/mol. The van der Waals surface area contributed by atoms with Crippen LogP contribution in [0.3, 0.4) is 0 Å². The second-order valence-corrected chi connectivity index (χ2v) is 7.16. The van der Waals surface area contributed by atoms with E-state index in [1.165, 1.54) is 6.07 Å². The minimum Gasteiger partial charge on any atom is -0.355 e. The Labute approximate surface area is 172 Å². The maximum atomic E-state index is 13.1. The molecule has 31 heavy (non-hydrogen) atoms. The summed E-state index contributed by atoms with van der Waals surface area (Å²) >= 11 is 0. The van der Waals surface area contributed by atoms with Crippen LogP contribution in [0.5, 0.6) is 0 Å². The number of fused-ring (bicyclic) bond motifs is 2. The molecule has 0 aliphatic carbocycles. The van der Waals surface area contributed by atoms with E-state index in [1.807, 2.05) is 4.90 Å². The number of hydrogen-bond acceptors (Lipinski definition) is 7. The van der Waals surface area contributed by atoms with E-state index in [0.717, 1.165) is 0 Å². The van der Waals surface area contributed by atoms with Crippen LogP contribution in [-0.2, 0) is 11.0 Å². The Kier molecular flexibility index (Phi) is 4.45. The number of carbonyl (C=O) groups is 1. The van der Waals surface area contributed by atoms with Crippen LogP contribution >= 0.6 is 0 Å². The summed E-state index contributed by atoms with van der Waals surface area (Å²) in [6, 6.07) is 6.46. The average Bonchev–Trinajstić information content (AvgIpc) is 3.40. The van der Waals surface area contributed by atoms with Crippen LogP contribution in [0.4, 0.5) is 24.8 Å². The standard InChI is InChI=1S/C18H16F3N9O/c19-18(20,21)17-26-25-14-1-2-15(27-30(14)17)28-9-5-11(6-10-28)16(31)24-13-3-7-22-12-4-8-23-29(12)13/h1-4,7-8,11H,5-6,9-10H2,(H,24,31). The smallest absolute Gasteiger partial charge is 0.355 e. The molecule has 13 heteroatoms. The van der Waals surface area contributed by atoms with E-state index in [9.17, 15) is 18.0 Å². The molecular weight excluding hydrogens is 415 g/mol. The molecule has 0 spiro atoms. The van der Waals surface area contributed by atoms with Crippen molar-refractivity contribution < 1.29 is 18.0 Å². The normalized spacial score (nSPS) is 15.6. The second kappa shape index (κ2) is 7.18. The summed E-state index contributed by atoms with van der Waals surface area (Å²) in [4.78, 5) is 18.7. The van der Waals surface area contributed by atoms with Gasteiger partial charge in [-0.15, -0.1) is 15.3 Å². The molecule has 4 aromatic rings. The number of amides is 1. The number of hydrogen-bond donors (Lipinski definition) is 1. The Morgan fingerprint density at radius 2 is 1.81 bits per heavy atom. The number of halogens is 3. The zero-order chi connectivity index (χ0) is 21.6. The predicted octanol–water partition coefficient (Wildman–Crippen LogP) is 2.04. The highest BCUT2D eigenvalue weighted by Crippen LogP contribution is 2.29. The molecule has 0 unspecified atom stereocenters. The highest BCUT2D eigenvalue weighted by atomic mass is 19.4. The number of nitrogens with one attached hydrogen (secondary N) is 1. The van der Waals surface area contributed by atoms with Gasteiger partial charge in [0.05, 0.1) is 6.20 Å². The molecule has 0 radical (unpaired) electrons. The molecule has 5 heterocycles. The number of anilines is 2. The lowest BCUT2D eigenvalue weighted by Crippen LogP contribution is -2.39. The summed E-state index contributed by atoms with van der Waals surface area (Å²) in [6.45, 7) is 0.960. The van der Waals surface area contributed by atoms with Crippen LogP contribution in [-0.4, -0.2) is 53.4 Å². The topological polar surface area (TPSA) is 106 Å². The van der Waals surface area contributed by atoms with E-state index in [2.05, 4.69) is 30.7 Å². The Morgan fingerprint density at radius 1 is 1.00 bits per heavy atom. The van der Waals surface area contributed by atoms with E-state index in [4.69, 9.17) is 0 Å². The third-order valence-corrected chi connectivity index (χ3v) is 5.23. The van der Waals surface area contributed by atoms with Gasteiger partial charge >= 0.3 is 6.18 Å². The van der Waals surface area contributed by atoms with E-state index in [0.29, 0.717) is 47.7 Å². The fraction of sp³-hybridized carbons (Fsp3) is 0.333. The lowest BCUT2D eigenvalue weighted by Gasteiger charge is -2.32. The molecule has 0 bridgehead atoms. The molecule has 0 aromatic carbocycles. The van der Waals surface area contributed by atoms with Crippen LogP contribution < -0.4 is 10.2 Å². The number of alkyl halides is 3. The van der Waals surface area contributed by atoms with Gasteiger partial charge in [-0.05, 0) is 31.0 Å². The minimum absolute atomic E-state index is 0.0209. The van der Waals surface area contributed by atoms with Gasteiger partial charge in [0.1, 0.15) is 11.6 Å². The first kappa shape index (κ1) is 19.2. The van der Waals surface area contributed by atoms with Gasteiger partial charge in [-0.25, -0.2) is 4.98 Å². The second-order valence-electron chi connectivity index (χ2n) is 7.16. The average molecular weight is 431 g/mol. The molecule has 0 atom stereocenters. The fourth-order valence-electron chi connectivity index (χ4n) is 3.65. The molecule has 1 N–H and O–H groups in total. The van der Waals surface area contributed by atoms with Gasteiger partial charge in [0.15, 0.2) is 11.3 Å². The van der Waals surface area contributed by atoms with Crippen LogP contribution in [0, 0.1) is 5.92 Å². The van der Waals surface area contributed by atoms with Gasteiger partial charge < -0.3 is 10.2 Å². The summed E-state index contributed by atoms with van der Waals surface area (Å²) in [5.74, 6) is -0.629. The van der Waals surface area contributed by atoms with Crippen molar-refractivity contribution >= 4 is 28.8 Å². The van der Waals surface area contributed by atoms with Gasteiger partial charge in [0.2, 0.25) is 5.91 Å². The Bertz CT molecular complexity index is 1260. The van der Waals surface area contributed by atoms with Crippen molar-refractivity contribution in [3.05, 3.63) is 42.5 Å². The van der Waals surface area contributed by atoms with E-state index in [-0.39, 0.29) is 17.5 Å². The van der Waals surface area contributed by atoms with E-state index in [1.54, 1.807) is 35.1 Å². The quantitative estimate of drug-likeness (QED) is 0.529. The SMILES string of the molecule is O=C(Nc1ccnc2ccnn12)C1CCN(c2ccc3nnc(C(F)(F)F)n3n2)CC1. The molecule has 5 rings (SSSR count). The molecule has 160 valence electrons.